The Morgan fingerprint density at radius 2 is 1.55 bits per heavy atom. The van der Waals surface area contributed by atoms with Crippen LogP contribution in [0.15, 0.2) is 122 Å². The average Bonchev–Trinajstić information content (AvgIpc) is 3.32. The molecule has 0 spiro atoms. The highest BCUT2D eigenvalue weighted by Gasteiger charge is 2.14. The molecule has 0 aliphatic rings. The van der Waals surface area contributed by atoms with Crippen LogP contribution in [0.2, 0.25) is 0 Å². The number of nitrogens with zero attached hydrogens (tertiary/aromatic N) is 4. The molecule has 4 heteroatoms. The number of pyridine rings is 1. The van der Waals surface area contributed by atoms with Crippen LogP contribution >= 0.6 is 0 Å². The summed E-state index contributed by atoms with van der Waals surface area (Å²) in [6, 6.07) is 31.5. The van der Waals surface area contributed by atoms with Crippen molar-refractivity contribution in [3.05, 3.63) is 127 Å². The smallest absolute Gasteiger partial charge is 0.160 e. The predicted molar refractivity (Wildman–Crippen MR) is 158 cm³/mol. The van der Waals surface area contributed by atoms with Gasteiger partial charge in [0.1, 0.15) is 0 Å². The summed E-state index contributed by atoms with van der Waals surface area (Å²) in [4.78, 5) is 14.3. The van der Waals surface area contributed by atoms with Gasteiger partial charge in [-0.1, -0.05) is 85.8 Å². The summed E-state index contributed by atoms with van der Waals surface area (Å²) in [6.45, 7) is 4.18. The lowest BCUT2D eigenvalue weighted by molar-refractivity contribution is 1.14. The summed E-state index contributed by atoms with van der Waals surface area (Å²) >= 11 is 0. The molecule has 3 aromatic carbocycles. The summed E-state index contributed by atoms with van der Waals surface area (Å²) in [5.74, 6) is 0.724. The molecule has 0 fully saturated rings. The molecular weight excluding hydrogens is 464 g/mol. The first-order valence-corrected chi connectivity index (χ1v) is 13.0. The fourth-order valence-corrected chi connectivity index (χ4v) is 4.99. The Balaban J connectivity index is 1.49. The topological polar surface area (TPSA) is 43.6 Å². The van der Waals surface area contributed by atoms with Crippen molar-refractivity contribution in [3.8, 4) is 28.3 Å². The molecule has 4 nitrogen and oxygen atoms in total. The van der Waals surface area contributed by atoms with Crippen molar-refractivity contribution >= 4 is 27.4 Å². The van der Waals surface area contributed by atoms with Crippen LogP contribution in [-0.2, 0) is 0 Å². The van der Waals surface area contributed by atoms with E-state index in [1.165, 1.54) is 16.3 Å². The molecule has 3 heterocycles. The third kappa shape index (κ3) is 4.31. The van der Waals surface area contributed by atoms with E-state index in [1.807, 2.05) is 37.5 Å². The van der Waals surface area contributed by atoms with Crippen LogP contribution in [-0.4, -0.2) is 19.5 Å². The van der Waals surface area contributed by atoms with Gasteiger partial charge in [-0.05, 0) is 49.2 Å². The van der Waals surface area contributed by atoms with E-state index in [0.717, 1.165) is 51.5 Å². The standard InChI is InChI=1S/C34H28N4/c1-3-10-24(11-4-2)30-22-31(37-34(36-30)26-12-6-5-7-13-26)25-16-18-27(19-17-25)38-32-15-9-8-14-28(32)29-20-21-35-23-33(29)38/h3,5-23H,4H2,1-2H3/b10-3-,24-11+. The quantitative estimate of drug-likeness (QED) is 0.218. The molecule has 0 saturated heterocycles. The molecule has 38 heavy (non-hydrogen) atoms. The van der Waals surface area contributed by atoms with Crippen molar-refractivity contribution in [3.63, 3.8) is 0 Å². The zero-order valence-corrected chi connectivity index (χ0v) is 21.5. The van der Waals surface area contributed by atoms with Crippen LogP contribution in [0.1, 0.15) is 26.0 Å². The zero-order chi connectivity index (χ0) is 25.9. The number of fused-ring (bicyclic) bond motifs is 3. The number of allylic oxidation sites excluding steroid dienone is 4. The van der Waals surface area contributed by atoms with Crippen molar-refractivity contribution in [1.29, 1.82) is 0 Å². The molecule has 0 aliphatic heterocycles. The molecule has 6 rings (SSSR count). The van der Waals surface area contributed by atoms with Gasteiger partial charge in [0.05, 0.1) is 28.6 Å². The van der Waals surface area contributed by atoms with E-state index in [2.05, 4.69) is 107 Å². The van der Waals surface area contributed by atoms with Gasteiger partial charge in [-0.25, -0.2) is 9.97 Å². The van der Waals surface area contributed by atoms with Crippen LogP contribution < -0.4 is 0 Å². The van der Waals surface area contributed by atoms with E-state index in [4.69, 9.17) is 9.97 Å². The lowest BCUT2D eigenvalue weighted by Gasteiger charge is -2.11. The van der Waals surface area contributed by atoms with Crippen molar-refractivity contribution in [2.24, 2.45) is 0 Å². The highest BCUT2D eigenvalue weighted by atomic mass is 15.0. The van der Waals surface area contributed by atoms with Crippen molar-refractivity contribution < 1.29 is 0 Å². The summed E-state index contributed by atoms with van der Waals surface area (Å²) in [5.41, 5.74) is 8.32. The Bertz CT molecular complexity index is 1740. The van der Waals surface area contributed by atoms with Gasteiger partial charge in [-0.15, -0.1) is 0 Å². The molecule has 0 bridgehead atoms. The minimum atomic E-state index is 0.724. The van der Waals surface area contributed by atoms with E-state index >= 15 is 0 Å². The number of rotatable bonds is 6. The highest BCUT2D eigenvalue weighted by Crippen LogP contribution is 2.32. The molecule has 0 N–H and O–H groups in total. The van der Waals surface area contributed by atoms with E-state index in [-0.39, 0.29) is 0 Å². The Morgan fingerprint density at radius 3 is 2.34 bits per heavy atom. The lowest BCUT2D eigenvalue weighted by atomic mass is 10.0. The summed E-state index contributed by atoms with van der Waals surface area (Å²) < 4.78 is 2.27. The Morgan fingerprint density at radius 1 is 0.789 bits per heavy atom. The van der Waals surface area contributed by atoms with Gasteiger partial charge in [0.25, 0.3) is 0 Å². The maximum atomic E-state index is 4.99. The molecule has 0 unspecified atom stereocenters. The number of hydrogen-bond donors (Lipinski definition) is 0. The molecule has 0 radical (unpaired) electrons. The van der Waals surface area contributed by atoms with Gasteiger partial charge in [0.2, 0.25) is 0 Å². The maximum Gasteiger partial charge on any atom is 0.160 e. The van der Waals surface area contributed by atoms with E-state index in [9.17, 15) is 0 Å². The average molecular weight is 493 g/mol. The molecule has 184 valence electrons. The van der Waals surface area contributed by atoms with Gasteiger partial charge in [-0.2, -0.15) is 0 Å². The highest BCUT2D eigenvalue weighted by molar-refractivity contribution is 6.08. The summed E-state index contributed by atoms with van der Waals surface area (Å²) in [6.07, 6.45) is 11.1. The molecule has 3 aromatic heterocycles. The molecule has 0 saturated carbocycles. The number of benzene rings is 3. The SMILES string of the molecule is C/C=C\C(=C/CC)c1cc(-c2ccc(-n3c4ccccc4c4ccncc43)cc2)nc(-c2ccccc2)n1. The molecular formula is C34H28N4. The zero-order valence-electron chi connectivity index (χ0n) is 21.5. The first kappa shape index (κ1) is 23.6. The van der Waals surface area contributed by atoms with Gasteiger partial charge < -0.3 is 4.57 Å². The second-order valence-corrected chi connectivity index (χ2v) is 9.19. The van der Waals surface area contributed by atoms with E-state index in [1.54, 1.807) is 0 Å². The minimum Gasteiger partial charge on any atom is -0.308 e. The van der Waals surface area contributed by atoms with Crippen LogP contribution in [0.4, 0.5) is 0 Å². The van der Waals surface area contributed by atoms with Crippen molar-refractivity contribution in [2.45, 2.75) is 20.3 Å². The molecule has 6 aromatic rings. The largest absolute Gasteiger partial charge is 0.308 e. The second kappa shape index (κ2) is 10.3. The number of hydrogen-bond acceptors (Lipinski definition) is 3. The maximum absolute atomic E-state index is 4.99. The molecule has 0 aliphatic carbocycles. The first-order valence-electron chi connectivity index (χ1n) is 13.0. The third-order valence-corrected chi connectivity index (χ3v) is 6.72. The molecule has 0 atom stereocenters. The van der Waals surface area contributed by atoms with E-state index < -0.39 is 0 Å². The summed E-state index contributed by atoms with van der Waals surface area (Å²) in [7, 11) is 0. The van der Waals surface area contributed by atoms with Gasteiger partial charge in [0, 0.05) is 33.8 Å². The van der Waals surface area contributed by atoms with Crippen LogP contribution in [0.3, 0.4) is 0 Å². The fraction of sp³-hybridized carbons (Fsp3) is 0.0882. The van der Waals surface area contributed by atoms with Crippen LogP contribution in [0, 0.1) is 0 Å². The second-order valence-electron chi connectivity index (χ2n) is 9.19. The monoisotopic (exact) mass is 492 g/mol. The minimum absolute atomic E-state index is 0.724. The normalized spacial score (nSPS) is 12.1. The van der Waals surface area contributed by atoms with Crippen LogP contribution in [0.5, 0.6) is 0 Å². The van der Waals surface area contributed by atoms with Crippen molar-refractivity contribution in [1.82, 2.24) is 19.5 Å². The number of para-hydroxylation sites is 1. The van der Waals surface area contributed by atoms with Crippen LogP contribution in [0.25, 0.3) is 55.7 Å². The Labute approximate surface area is 222 Å². The fourth-order valence-electron chi connectivity index (χ4n) is 4.99. The number of aromatic nitrogens is 4. The first-order chi connectivity index (χ1) is 18.8. The van der Waals surface area contributed by atoms with E-state index in [0.29, 0.717) is 0 Å². The molecule has 0 amide bonds. The van der Waals surface area contributed by atoms with Crippen molar-refractivity contribution in [2.75, 3.05) is 0 Å². The lowest BCUT2D eigenvalue weighted by Crippen LogP contribution is -1.98. The summed E-state index contributed by atoms with van der Waals surface area (Å²) in [5, 5.41) is 2.42. The van der Waals surface area contributed by atoms with Gasteiger partial charge >= 0.3 is 0 Å². The third-order valence-electron chi connectivity index (χ3n) is 6.72. The Kier molecular flexibility index (Phi) is 6.37. The predicted octanol–water partition coefficient (Wildman–Crippen LogP) is 8.67. The van der Waals surface area contributed by atoms with Gasteiger partial charge in [0.15, 0.2) is 5.82 Å². The Hall–Kier alpha value is -4.83. The van der Waals surface area contributed by atoms with Gasteiger partial charge in [-0.3, -0.25) is 4.98 Å².